The minimum absolute atomic E-state index is 0.129. The molecule has 0 radical (unpaired) electrons. The summed E-state index contributed by atoms with van der Waals surface area (Å²) in [6.45, 7) is 0.568. The van der Waals surface area contributed by atoms with Gasteiger partial charge in [0.15, 0.2) is 5.13 Å². The summed E-state index contributed by atoms with van der Waals surface area (Å²) >= 11 is 1.29. The number of anilines is 1. The summed E-state index contributed by atoms with van der Waals surface area (Å²) in [6, 6.07) is 15.7. The molecule has 12 heteroatoms. The van der Waals surface area contributed by atoms with Crippen LogP contribution >= 0.6 is 11.3 Å². The second kappa shape index (κ2) is 13.7. The van der Waals surface area contributed by atoms with E-state index < -0.39 is 15.9 Å². The molecule has 3 aromatic heterocycles. The van der Waals surface area contributed by atoms with Gasteiger partial charge in [0.2, 0.25) is 21.8 Å². The standard InChI is InChI=1S/C30H35N5O5S2/c1-39-18-17-35(20-23-9-5-6-16-31-23)42(37,38)24-12-10-22(11-13-24)25(19-21-7-3-4-8-21)28(36)34-30-32-26-14-15-27(40-2)33-29(26)41-30/h5-6,9-16,21,25H,3-4,7-8,17-20H2,1-2H3,(H,32,34,36). The molecule has 1 aliphatic rings. The number of benzene rings is 1. The Morgan fingerprint density at radius 2 is 1.86 bits per heavy atom. The van der Waals surface area contributed by atoms with Gasteiger partial charge in [0.05, 0.1) is 36.8 Å². The number of hydrogen-bond donors (Lipinski definition) is 1. The molecule has 1 aromatic carbocycles. The highest BCUT2D eigenvalue weighted by atomic mass is 32.2. The third-order valence-electron chi connectivity index (χ3n) is 7.56. The zero-order valence-electron chi connectivity index (χ0n) is 23.7. The molecule has 0 spiro atoms. The zero-order valence-corrected chi connectivity index (χ0v) is 25.4. The predicted octanol–water partition coefficient (Wildman–Crippen LogP) is 5.23. The summed E-state index contributed by atoms with van der Waals surface area (Å²) in [5.41, 5.74) is 2.10. The van der Waals surface area contributed by atoms with Gasteiger partial charge in [-0.15, -0.1) is 0 Å². The van der Waals surface area contributed by atoms with Crippen molar-refractivity contribution in [1.29, 1.82) is 0 Å². The highest BCUT2D eigenvalue weighted by Gasteiger charge is 2.29. The van der Waals surface area contributed by atoms with Crippen LogP contribution in [0.1, 0.15) is 49.3 Å². The topological polar surface area (TPSA) is 124 Å². The van der Waals surface area contributed by atoms with Crippen LogP contribution in [0.2, 0.25) is 0 Å². The van der Waals surface area contributed by atoms with Gasteiger partial charge in [-0.3, -0.25) is 9.78 Å². The lowest BCUT2D eigenvalue weighted by Gasteiger charge is -2.23. The number of amides is 1. The van der Waals surface area contributed by atoms with Crippen LogP contribution in [0.15, 0.2) is 65.7 Å². The quantitative estimate of drug-likeness (QED) is 0.218. The molecule has 5 rings (SSSR count). The van der Waals surface area contributed by atoms with Crippen LogP contribution in [-0.2, 0) is 26.1 Å². The number of aromatic nitrogens is 3. The van der Waals surface area contributed by atoms with E-state index >= 15 is 0 Å². The number of thiazole rings is 1. The summed E-state index contributed by atoms with van der Waals surface area (Å²) in [5, 5.41) is 3.46. The average molecular weight is 610 g/mol. The number of pyridine rings is 2. The largest absolute Gasteiger partial charge is 0.481 e. The van der Waals surface area contributed by atoms with Gasteiger partial charge in [-0.2, -0.15) is 4.31 Å². The molecular weight excluding hydrogens is 574 g/mol. The number of carbonyl (C=O) groups is 1. The van der Waals surface area contributed by atoms with E-state index in [4.69, 9.17) is 9.47 Å². The molecule has 10 nitrogen and oxygen atoms in total. The van der Waals surface area contributed by atoms with E-state index in [1.165, 1.54) is 22.8 Å². The van der Waals surface area contributed by atoms with Gasteiger partial charge in [-0.1, -0.05) is 55.2 Å². The number of nitrogens with zero attached hydrogens (tertiary/aromatic N) is 4. The number of rotatable bonds is 13. The maximum atomic E-state index is 13.7. The Hall–Kier alpha value is -3.45. The highest BCUT2D eigenvalue weighted by molar-refractivity contribution is 7.89. The van der Waals surface area contributed by atoms with Crippen LogP contribution in [0.25, 0.3) is 10.3 Å². The van der Waals surface area contributed by atoms with Crippen molar-refractivity contribution in [2.24, 2.45) is 5.92 Å². The molecule has 3 heterocycles. The summed E-state index contributed by atoms with van der Waals surface area (Å²) in [7, 11) is -0.744. The van der Waals surface area contributed by atoms with Crippen LogP contribution in [0.5, 0.6) is 5.88 Å². The summed E-state index contributed by atoms with van der Waals surface area (Å²) in [6.07, 6.45) is 6.83. The van der Waals surface area contributed by atoms with Gasteiger partial charge in [-0.05, 0) is 48.2 Å². The molecule has 1 saturated carbocycles. The smallest absolute Gasteiger partial charge is 0.243 e. The molecular formula is C30H35N5O5S2. The molecule has 4 aromatic rings. The lowest BCUT2D eigenvalue weighted by molar-refractivity contribution is -0.118. The first-order valence-corrected chi connectivity index (χ1v) is 16.2. The van der Waals surface area contributed by atoms with Crippen LogP contribution < -0.4 is 10.1 Å². The third kappa shape index (κ3) is 7.12. The lowest BCUT2D eigenvalue weighted by Crippen LogP contribution is -2.33. The molecule has 1 aliphatic carbocycles. The van der Waals surface area contributed by atoms with Crippen LogP contribution in [-0.4, -0.2) is 61.0 Å². The van der Waals surface area contributed by atoms with Crippen molar-refractivity contribution in [3.05, 3.63) is 72.1 Å². The number of ether oxygens (including phenoxy) is 2. The molecule has 222 valence electrons. The molecule has 0 aliphatic heterocycles. The number of sulfonamides is 1. The van der Waals surface area contributed by atoms with Gasteiger partial charge >= 0.3 is 0 Å². The zero-order chi connectivity index (χ0) is 29.5. The summed E-state index contributed by atoms with van der Waals surface area (Å²) in [4.78, 5) is 27.7. The fourth-order valence-electron chi connectivity index (χ4n) is 5.30. The average Bonchev–Trinajstić information content (AvgIpc) is 3.67. The van der Waals surface area contributed by atoms with E-state index in [2.05, 4.69) is 20.3 Å². The Labute approximate surface area is 250 Å². The predicted molar refractivity (Wildman–Crippen MR) is 162 cm³/mol. The van der Waals surface area contributed by atoms with Crippen molar-refractivity contribution >= 4 is 42.7 Å². The van der Waals surface area contributed by atoms with Gasteiger partial charge < -0.3 is 14.8 Å². The van der Waals surface area contributed by atoms with E-state index in [0.29, 0.717) is 39.4 Å². The number of methoxy groups -OCH3 is 2. The molecule has 1 unspecified atom stereocenters. The molecule has 1 amide bonds. The van der Waals surface area contributed by atoms with Gasteiger partial charge in [0, 0.05) is 25.9 Å². The maximum Gasteiger partial charge on any atom is 0.243 e. The minimum atomic E-state index is -3.84. The van der Waals surface area contributed by atoms with Crippen molar-refractivity contribution in [1.82, 2.24) is 19.3 Å². The Morgan fingerprint density at radius 1 is 1.07 bits per heavy atom. The van der Waals surface area contributed by atoms with Crippen molar-refractivity contribution in [2.75, 3.05) is 32.7 Å². The van der Waals surface area contributed by atoms with Gasteiger partial charge in [0.1, 0.15) is 10.3 Å². The molecule has 1 atom stereocenters. The SMILES string of the molecule is COCCN(Cc1ccccn1)S(=O)(=O)c1ccc(C(CC2CCCC2)C(=O)Nc2nc3ccc(OC)nc3s2)cc1. The number of hydrogen-bond acceptors (Lipinski definition) is 9. The monoisotopic (exact) mass is 609 g/mol. The van der Waals surface area contributed by atoms with Crippen LogP contribution in [0.4, 0.5) is 5.13 Å². The third-order valence-corrected chi connectivity index (χ3v) is 10.3. The van der Waals surface area contributed by atoms with E-state index in [1.807, 2.05) is 12.1 Å². The van der Waals surface area contributed by atoms with Crippen molar-refractivity contribution in [3.8, 4) is 5.88 Å². The second-order valence-electron chi connectivity index (χ2n) is 10.3. The summed E-state index contributed by atoms with van der Waals surface area (Å²) < 4.78 is 39.0. The normalized spacial score (nSPS) is 14.8. The number of fused-ring (bicyclic) bond motifs is 1. The molecule has 1 N–H and O–H groups in total. The first kappa shape index (κ1) is 30.0. The van der Waals surface area contributed by atoms with E-state index in [-0.39, 0.29) is 30.5 Å². The van der Waals surface area contributed by atoms with Crippen molar-refractivity contribution in [2.45, 2.75) is 49.5 Å². The second-order valence-corrected chi connectivity index (χ2v) is 13.3. The van der Waals surface area contributed by atoms with Crippen LogP contribution in [0.3, 0.4) is 0 Å². The maximum absolute atomic E-state index is 13.7. The van der Waals surface area contributed by atoms with E-state index in [0.717, 1.165) is 31.2 Å². The van der Waals surface area contributed by atoms with Gasteiger partial charge in [0.25, 0.3) is 0 Å². The fourth-order valence-corrected chi connectivity index (χ4v) is 7.53. The van der Waals surface area contributed by atoms with Crippen molar-refractivity contribution < 1.29 is 22.7 Å². The lowest BCUT2D eigenvalue weighted by atomic mass is 9.87. The first-order chi connectivity index (χ1) is 20.4. The Balaban J connectivity index is 1.38. The minimum Gasteiger partial charge on any atom is -0.481 e. The first-order valence-electron chi connectivity index (χ1n) is 14.0. The molecule has 42 heavy (non-hydrogen) atoms. The van der Waals surface area contributed by atoms with Gasteiger partial charge in [-0.25, -0.2) is 18.4 Å². The molecule has 0 bridgehead atoms. The Morgan fingerprint density at radius 3 is 2.55 bits per heavy atom. The molecule has 1 fully saturated rings. The number of nitrogens with one attached hydrogen (secondary N) is 1. The van der Waals surface area contributed by atoms with Crippen molar-refractivity contribution in [3.63, 3.8) is 0 Å². The number of carbonyl (C=O) groups excluding carboxylic acids is 1. The fraction of sp³-hybridized carbons (Fsp3) is 0.400. The Kier molecular flexibility index (Phi) is 9.78. The molecule has 0 saturated heterocycles. The van der Waals surface area contributed by atoms with Crippen LogP contribution in [0, 0.1) is 5.92 Å². The van der Waals surface area contributed by atoms with E-state index in [1.54, 1.807) is 55.8 Å². The summed E-state index contributed by atoms with van der Waals surface area (Å²) in [5.74, 6) is 0.310. The Bertz CT molecular complexity index is 1590. The highest BCUT2D eigenvalue weighted by Crippen LogP contribution is 2.36. The van der Waals surface area contributed by atoms with E-state index in [9.17, 15) is 13.2 Å².